The van der Waals surface area contributed by atoms with Gasteiger partial charge < -0.3 is 19.3 Å². The topological polar surface area (TPSA) is 76.2 Å². The SMILES string of the molecule is CCCCCCCC(F)C(=O)N(CCCN1CCCC1)C(CCCCCCCCC(=O)OCC(CCC)CCCC)CCCCCCCCC(=O)OCC(CCCC)CCCCC. The molecule has 0 radical (unpaired) electrons. The van der Waals surface area contributed by atoms with Gasteiger partial charge in [-0.1, -0.05) is 182 Å². The van der Waals surface area contributed by atoms with Gasteiger partial charge in [0.25, 0.3) is 5.91 Å². The van der Waals surface area contributed by atoms with E-state index in [9.17, 15) is 14.4 Å². The highest BCUT2D eigenvalue weighted by Crippen LogP contribution is 2.24. The lowest BCUT2D eigenvalue weighted by atomic mass is 9.96. The summed E-state index contributed by atoms with van der Waals surface area (Å²) in [6.07, 6.45) is 37.3. The maximum Gasteiger partial charge on any atom is 0.305 e. The quantitative estimate of drug-likeness (QED) is 0.0448. The molecule has 0 aromatic rings. The normalized spacial score (nSPS) is 15.0. The van der Waals surface area contributed by atoms with Crippen LogP contribution in [0.2, 0.25) is 0 Å². The van der Waals surface area contributed by atoms with Crippen LogP contribution in [-0.2, 0) is 23.9 Å². The highest BCUT2D eigenvalue weighted by Gasteiger charge is 2.29. The monoisotopic (exact) mass is 893 g/mol. The van der Waals surface area contributed by atoms with Gasteiger partial charge in [-0.3, -0.25) is 14.4 Å². The highest BCUT2D eigenvalue weighted by atomic mass is 19.1. The first-order valence-corrected chi connectivity index (χ1v) is 27.8. The number of alkyl halides is 1. The van der Waals surface area contributed by atoms with Crippen LogP contribution in [-0.4, -0.2) is 79.3 Å². The lowest BCUT2D eigenvalue weighted by Gasteiger charge is -2.34. The van der Waals surface area contributed by atoms with Gasteiger partial charge in [-0.2, -0.15) is 0 Å². The second kappa shape index (κ2) is 42.9. The number of carbonyl (C=O) groups excluding carboxylic acids is 3. The fourth-order valence-electron chi connectivity index (χ4n) is 9.61. The average Bonchev–Trinajstić information content (AvgIpc) is 3.81. The second-order valence-corrected chi connectivity index (χ2v) is 19.7. The van der Waals surface area contributed by atoms with Crippen LogP contribution < -0.4 is 0 Å². The number of likely N-dealkylation sites (tertiary alicyclic amines) is 1. The highest BCUT2D eigenvalue weighted by molar-refractivity contribution is 5.81. The molecule has 0 aliphatic carbocycles. The van der Waals surface area contributed by atoms with E-state index < -0.39 is 6.17 Å². The smallest absolute Gasteiger partial charge is 0.305 e. The Morgan fingerprint density at radius 2 is 0.889 bits per heavy atom. The predicted molar refractivity (Wildman–Crippen MR) is 265 cm³/mol. The number of halogens is 1. The van der Waals surface area contributed by atoms with E-state index >= 15 is 4.39 Å². The van der Waals surface area contributed by atoms with Crippen molar-refractivity contribution in [2.24, 2.45) is 11.8 Å². The predicted octanol–water partition coefficient (Wildman–Crippen LogP) is 15.7. The molecule has 4 unspecified atom stereocenters. The molecule has 0 spiro atoms. The van der Waals surface area contributed by atoms with Crippen molar-refractivity contribution in [2.75, 3.05) is 39.4 Å². The molecule has 0 bridgehead atoms. The minimum absolute atomic E-state index is 0.0369. The summed E-state index contributed by atoms with van der Waals surface area (Å²) in [5.74, 6) is 0.655. The summed E-state index contributed by atoms with van der Waals surface area (Å²) in [4.78, 5) is 43.5. The van der Waals surface area contributed by atoms with Crippen molar-refractivity contribution in [2.45, 2.75) is 284 Å². The van der Waals surface area contributed by atoms with Crippen LogP contribution >= 0.6 is 0 Å². The number of ether oxygens (including phenoxy) is 2. The Labute approximate surface area is 390 Å². The molecule has 0 saturated carbocycles. The van der Waals surface area contributed by atoms with E-state index in [1.165, 1.54) is 70.6 Å². The molecule has 63 heavy (non-hydrogen) atoms. The molecule has 1 heterocycles. The Bertz CT molecular complexity index is 1050. The molecule has 7 nitrogen and oxygen atoms in total. The van der Waals surface area contributed by atoms with Crippen LogP contribution in [0.15, 0.2) is 0 Å². The van der Waals surface area contributed by atoms with Crippen LogP contribution in [0, 0.1) is 11.8 Å². The van der Waals surface area contributed by atoms with E-state index in [1.54, 1.807) is 0 Å². The summed E-state index contributed by atoms with van der Waals surface area (Å²) in [7, 11) is 0. The Morgan fingerprint density at radius 3 is 1.40 bits per heavy atom. The van der Waals surface area contributed by atoms with Crippen LogP contribution in [0.25, 0.3) is 0 Å². The van der Waals surface area contributed by atoms with Gasteiger partial charge in [-0.25, -0.2) is 4.39 Å². The standard InChI is InChI=1S/C55H105FN2O5/c1-6-11-15-20-28-40-52(56)55(61)58(46-33-45-57-43-31-32-44-57)51(38-26-21-16-18-23-29-41-53(59)62-47-49(34-10-5)35-13-8-3)39-27-22-17-19-24-30-42-54(60)63-48-50(36-14-9-4)37-25-12-7-2/h49-52H,6-48H2,1-5H3. The average molecular weight is 893 g/mol. The molecule has 0 N–H and O–H groups in total. The lowest BCUT2D eigenvalue weighted by molar-refractivity contribution is -0.146. The van der Waals surface area contributed by atoms with Crippen molar-refractivity contribution in [3.05, 3.63) is 0 Å². The number of rotatable bonds is 46. The summed E-state index contributed by atoms with van der Waals surface area (Å²) in [6, 6.07) is 0.0796. The third-order valence-electron chi connectivity index (χ3n) is 13.8. The fraction of sp³-hybridized carbons (Fsp3) is 0.945. The molecule has 1 saturated heterocycles. The summed E-state index contributed by atoms with van der Waals surface area (Å²) >= 11 is 0. The Kier molecular flexibility index (Phi) is 40.4. The first-order chi connectivity index (χ1) is 30.8. The number of nitrogens with zero attached hydrogens (tertiary/aromatic N) is 2. The molecule has 8 heteroatoms. The van der Waals surface area contributed by atoms with E-state index in [0.29, 0.717) is 50.9 Å². The van der Waals surface area contributed by atoms with Gasteiger partial charge in [-0.15, -0.1) is 0 Å². The number of esters is 2. The van der Waals surface area contributed by atoms with Gasteiger partial charge in [0.15, 0.2) is 6.17 Å². The zero-order chi connectivity index (χ0) is 46.0. The molecule has 4 atom stereocenters. The first-order valence-electron chi connectivity index (χ1n) is 27.8. The Morgan fingerprint density at radius 1 is 0.476 bits per heavy atom. The molecule has 1 aliphatic heterocycles. The van der Waals surface area contributed by atoms with Gasteiger partial charge in [0, 0.05) is 25.4 Å². The summed E-state index contributed by atoms with van der Waals surface area (Å²) < 4.78 is 27.2. The van der Waals surface area contributed by atoms with Crippen LogP contribution in [0.4, 0.5) is 4.39 Å². The summed E-state index contributed by atoms with van der Waals surface area (Å²) in [5, 5.41) is 0. The van der Waals surface area contributed by atoms with E-state index in [1.807, 2.05) is 4.90 Å². The largest absolute Gasteiger partial charge is 0.465 e. The van der Waals surface area contributed by atoms with Crippen molar-refractivity contribution in [3.8, 4) is 0 Å². The Hall–Kier alpha value is -1.70. The van der Waals surface area contributed by atoms with Gasteiger partial charge >= 0.3 is 11.9 Å². The number of amides is 1. The molecule has 0 aromatic heterocycles. The van der Waals surface area contributed by atoms with Crippen molar-refractivity contribution < 1.29 is 28.2 Å². The zero-order valence-electron chi connectivity index (χ0n) is 42.5. The van der Waals surface area contributed by atoms with Crippen molar-refractivity contribution in [1.82, 2.24) is 9.80 Å². The van der Waals surface area contributed by atoms with E-state index in [4.69, 9.17) is 9.47 Å². The first kappa shape index (κ1) is 59.3. The molecule has 372 valence electrons. The molecule has 1 rings (SSSR count). The number of hydrogen-bond donors (Lipinski definition) is 0. The number of hydrogen-bond acceptors (Lipinski definition) is 6. The van der Waals surface area contributed by atoms with Crippen LogP contribution in [0.1, 0.15) is 272 Å². The molecular formula is C55H105FN2O5. The summed E-state index contributed by atoms with van der Waals surface area (Å²) in [5.41, 5.74) is 0. The molecule has 1 aliphatic rings. The minimum atomic E-state index is -1.41. The molecule has 0 aromatic carbocycles. The lowest BCUT2D eigenvalue weighted by Crippen LogP contribution is -2.45. The molecule has 1 amide bonds. The van der Waals surface area contributed by atoms with Crippen molar-refractivity contribution in [3.63, 3.8) is 0 Å². The maximum absolute atomic E-state index is 15.8. The number of unbranched alkanes of at least 4 members (excludes halogenated alkanes) is 18. The van der Waals surface area contributed by atoms with E-state index in [0.717, 1.165) is 167 Å². The van der Waals surface area contributed by atoms with E-state index in [2.05, 4.69) is 39.5 Å². The van der Waals surface area contributed by atoms with Gasteiger partial charge in [-0.05, 0) is 109 Å². The molecular weight excluding hydrogens is 788 g/mol. The summed E-state index contributed by atoms with van der Waals surface area (Å²) in [6.45, 7) is 16.2. The van der Waals surface area contributed by atoms with Gasteiger partial charge in [0.05, 0.1) is 13.2 Å². The Balaban J connectivity index is 2.68. The third-order valence-corrected chi connectivity index (χ3v) is 13.8. The second-order valence-electron chi connectivity index (χ2n) is 19.7. The fourth-order valence-corrected chi connectivity index (χ4v) is 9.61. The van der Waals surface area contributed by atoms with Crippen molar-refractivity contribution >= 4 is 17.8 Å². The van der Waals surface area contributed by atoms with Crippen LogP contribution in [0.5, 0.6) is 0 Å². The molecule has 1 fully saturated rings. The third kappa shape index (κ3) is 33.4. The van der Waals surface area contributed by atoms with Crippen molar-refractivity contribution in [1.29, 1.82) is 0 Å². The minimum Gasteiger partial charge on any atom is -0.465 e. The van der Waals surface area contributed by atoms with Gasteiger partial charge in [0.1, 0.15) is 0 Å². The van der Waals surface area contributed by atoms with Gasteiger partial charge in [0.2, 0.25) is 0 Å². The zero-order valence-corrected chi connectivity index (χ0v) is 42.5. The number of carbonyl (C=O) groups is 3. The maximum atomic E-state index is 15.8. The van der Waals surface area contributed by atoms with Crippen LogP contribution in [0.3, 0.4) is 0 Å². The van der Waals surface area contributed by atoms with E-state index in [-0.39, 0.29) is 23.9 Å².